The molecule has 1 amide bonds. The Labute approximate surface area is 98.0 Å². The molecule has 1 aliphatic heterocycles. The maximum absolute atomic E-state index is 11.8. The topological polar surface area (TPSA) is 52.6 Å². The van der Waals surface area contributed by atoms with E-state index in [-0.39, 0.29) is 11.9 Å². The Kier molecular flexibility index (Phi) is 4.33. The summed E-state index contributed by atoms with van der Waals surface area (Å²) in [6, 6.07) is -0.146. The van der Waals surface area contributed by atoms with Gasteiger partial charge in [-0.05, 0) is 26.2 Å². The van der Waals surface area contributed by atoms with Crippen LogP contribution in [0.1, 0.15) is 34.1 Å². The highest BCUT2D eigenvalue weighted by molar-refractivity contribution is 5.81. The quantitative estimate of drug-likeness (QED) is 0.741. The van der Waals surface area contributed by atoms with Gasteiger partial charge in [-0.1, -0.05) is 13.8 Å². The molecule has 2 unspecified atom stereocenters. The summed E-state index contributed by atoms with van der Waals surface area (Å²) in [6.07, 6.45) is 0.745. The van der Waals surface area contributed by atoms with Crippen LogP contribution >= 0.6 is 0 Å². The molecule has 1 heterocycles. The molecule has 0 aromatic rings. The predicted octanol–water partition coefficient (Wildman–Crippen LogP) is 0.604. The van der Waals surface area contributed by atoms with Gasteiger partial charge in [-0.2, -0.15) is 0 Å². The van der Waals surface area contributed by atoms with E-state index in [0.29, 0.717) is 19.0 Å². The molecule has 16 heavy (non-hydrogen) atoms. The van der Waals surface area contributed by atoms with Crippen LogP contribution < -0.4 is 5.32 Å². The number of amides is 1. The number of carbonyl (C=O) groups is 1. The maximum atomic E-state index is 11.8. The summed E-state index contributed by atoms with van der Waals surface area (Å²) < 4.78 is 0. The molecule has 1 aliphatic rings. The molecule has 0 spiro atoms. The Morgan fingerprint density at radius 1 is 1.50 bits per heavy atom. The minimum absolute atomic E-state index is 0.0615. The lowest BCUT2D eigenvalue weighted by molar-refractivity contribution is -0.125. The number of nitrogens with one attached hydrogen (secondary N) is 1. The number of hydrogen-bond acceptors (Lipinski definition) is 3. The van der Waals surface area contributed by atoms with Crippen molar-refractivity contribution in [2.75, 3.05) is 19.6 Å². The summed E-state index contributed by atoms with van der Waals surface area (Å²) in [6.45, 7) is 9.97. The van der Waals surface area contributed by atoms with Crippen LogP contribution in [0.5, 0.6) is 0 Å². The second kappa shape index (κ2) is 5.15. The minimum atomic E-state index is -0.632. The zero-order chi connectivity index (χ0) is 12.3. The molecular formula is C12H24N2O2. The first-order valence-electron chi connectivity index (χ1n) is 6.06. The molecule has 0 aliphatic carbocycles. The van der Waals surface area contributed by atoms with E-state index in [1.807, 2.05) is 18.7 Å². The van der Waals surface area contributed by atoms with Gasteiger partial charge in [0.25, 0.3) is 0 Å². The van der Waals surface area contributed by atoms with Gasteiger partial charge in [-0.15, -0.1) is 0 Å². The standard InChI is InChI=1S/C12H24N2O2/c1-9(2)7-13-11(15)10(3)14-6-5-12(4,16)8-14/h9-10,16H,5-8H2,1-4H3,(H,13,15). The number of β-amino-alcohol motifs (C(OH)–C–C–N with tert-alkyl or cyclic N) is 1. The van der Waals surface area contributed by atoms with Crippen LogP contribution in [0.25, 0.3) is 0 Å². The summed E-state index contributed by atoms with van der Waals surface area (Å²) in [5, 5.41) is 12.8. The van der Waals surface area contributed by atoms with Crippen molar-refractivity contribution in [3.63, 3.8) is 0 Å². The largest absolute Gasteiger partial charge is 0.389 e. The van der Waals surface area contributed by atoms with E-state index >= 15 is 0 Å². The van der Waals surface area contributed by atoms with E-state index in [2.05, 4.69) is 19.2 Å². The molecule has 2 atom stereocenters. The van der Waals surface area contributed by atoms with Gasteiger partial charge >= 0.3 is 0 Å². The average molecular weight is 228 g/mol. The summed E-state index contributed by atoms with van der Waals surface area (Å²) >= 11 is 0. The number of rotatable bonds is 4. The van der Waals surface area contributed by atoms with Crippen molar-refractivity contribution in [3.8, 4) is 0 Å². The number of carbonyl (C=O) groups excluding carboxylic acids is 1. The van der Waals surface area contributed by atoms with Gasteiger partial charge < -0.3 is 10.4 Å². The van der Waals surface area contributed by atoms with Crippen LogP contribution in [-0.4, -0.2) is 47.2 Å². The second-order valence-corrected chi connectivity index (χ2v) is 5.53. The first-order valence-corrected chi connectivity index (χ1v) is 6.06. The molecule has 4 nitrogen and oxygen atoms in total. The van der Waals surface area contributed by atoms with Crippen LogP contribution in [0.3, 0.4) is 0 Å². The van der Waals surface area contributed by atoms with Crippen LogP contribution in [-0.2, 0) is 4.79 Å². The van der Waals surface area contributed by atoms with Gasteiger partial charge in [-0.25, -0.2) is 0 Å². The Morgan fingerprint density at radius 2 is 2.12 bits per heavy atom. The van der Waals surface area contributed by atoms with Crippen LogP contribution in [0.15, 0.2) is 0 Å². The van der Waals surface area contributed by atoms with Crippen molar-refractivity contribution in [1.29, 1.82) is 0 Å². The fourth-order valence-electron chi connectivity index (χ4n) is 1.93. The molecule has 1 rings (SSSR count). The van der Waals surface area contributed by atoms with Crippen LogP contribution in [0, 0.1) is 5.92 Å². The first-order chi connectivity index (χ1) is 7.32. The molecule has 0 aromatic carbocycles. The van der Waals surface area contributed by atoms with Crippen LogP contribution in [0.4, 0.5) is 0 Å². The predicted molar refractivity (Wildman–Crippen MR) is 64.1 cm³/mol. The number of likely N-dealkylation sites (tertiary alicyclic amines) is 1. The molecular weight excluding hydrogens is 204 g/mol. The molecule has 94 valence electrons. The fraction of sp³-hybridized carbons (Fsp3) is 0.917. The number of aliphatic hydroxyl groups is 1. The Bertz CT molecular complexity index is 251. The summed E-state index contributed by atoms with van der Waals surface area (Å²) in [5.41, 5.74) is -0.632. The van der Waals surface area contributed by atoms with Crippen molar-refractivity contribution >= 4 is 5.91 Å². The van der Waals surface area contributed by atoms with Gasteiger partial charge in [0.05, 0.1) is 11.6 Å². The average Bonchev–Trinajstić information content (AvgIpc) is 2.54. The van der Waals surface area contributed by atoms with Gasteiger partial charge in [0, 0.05) is 19.6 Å². The molecule has 2 N–H and O–H groups in total. The normalized spacial score (nSPS) is 28.4. The van der Waals surface area contributed by atoms with Crippen molar-refractivity contribution in [2.45, 2.75) is 45.8 Å². The van der Waals surface area contributed by atoms with Gasteiger partial charge in [0.2, 0.25) is 5.91 Å². The smallest absolute Gasteiger partial charge is 0.237 e. The van der Waals surface area contributed by atoms with E-state index in [1.54, 1.807) is 0 Å². The highest BCUT2D eigenvalue weighted by Crippen LogP contribution is 2.22. The zero-order valence-electron chi connectivity index (χ0n) is 10.8. The SMILES string of the molecule is CC(C)CNC(=O)C(C)N1CCC(C)(O)C1. The van der Waals surface area contributed by atoms with Gasteiger partial charge in [0.15, 0.2) is 0 Å². The molecule has 4 heteroatoms. The molecule has 0 bridgehead atoms. The fourth-order valence-corrected chi connectivity index (χ4v) is 1.93. The third-order valence-electron chi connectivity index (χ3n) is 3.09. The highest BCUT2D eigenvalue weighted by Gasteiger charge is 2.35. The van der Waals surface area contributed by atoms with Gasteiger partial charge in [0.1, 0.15) is 0 Å². The highest BCUT2D eigenvalue weighted by atomic mass is 16.3. The second-order valence-electron chi connectivity index (χ2n) is 5.53. The lowest BCUT2D eigenvalue weighted by Crippen LogP contribution is -2.46. The molecule has 0 aromatic heterocycles. The van der Waals surface area contributed by atoms with Crippen LogP contribution in [0.2, 0.25) is 0 Å². The summed E-state index contributed by atoms with van der Waals surface area (Å²) in [5.74, 6) is 0.532. The van der Waals surface area contributed by atoms with Crippen molar-refractivity contribution < 1.29 is 9.90 Å². The Balaban J connectivity index is 2.40. The zero-order valence-corrected chi connectivity index (χ0v) is 10.8. The third kappa shape index (κ3) is 3.76. The number of nitrogens with zero attached hydrogens (tertiary/aromatic N) is 1. The third-order valence-corrected chi connectivity index (χ3v) is 3.09. The van der Waals surface area contributed by atoms with Crippen molar-refractivity contribution in [2.24, 2.45) is 5.92 Å². The molecule has 0 saturated carbocycles. The monoisotopic (exact) mass is 228 g/mol. The summed E-state index contributed by atoms with van der Waals surface area (Å²) in [4.78, 5) is 13.8. The Morgan fingerprint density at radius 3 is 2.56 bits per heavy atom. The van der Waals surface area contributed by atoms with Crippen molar-refractivity contribution in [1.82, 2.24) is 10.2 Å². The van der Waals surface area contributed by atoms with E-state index in [4.69, 9.17) is 0 Å². The first kappa shape index (κ1) is 13.5. The lowest BCUT2D eigenvalue weighted by Gasteiger charge is -2.25. The lowest BCUT2D eigenvalue weighted by atomic mass is 10.1. The van der Waals surface area contributed by atoms with E-state index in [9.17, 15) is 9.90 Å². The summed E-state index contributed by atoms with van der Waals surface area (Å²) in [7, 11) is 0. The van der Waals surface area contributed by atoms with E-state index in [0.717, 1.165) is 13.0 Å². The molecule has 1 saturated heterocycles. The van der Waals surface area contributed by atoms with Crippen molar-refractivity contribution in [3.05, 3.63) is 0 Å². The van der Waals surface area contributed by atoms with E-state index < -0.39 is 5.60 Å². The molecule has 1 fully saturated rings. The molecule has 0 radical (unpaired) electrons. The minimum Gasteiger partial charge on any atom is -0.389 e. The number of hydrogen-bond donors (Lipinski definition) is 2. The Hall–Kier alpha value is -0.610. The van der Waals surface area contributed by atoms with E-state index in [1.165, 1.54) is 0 Å². The van der Waals surface area contributed by atoms with Gasteiger partial charge in [-0.3, -0.25) is 9.69 Å². The maximum Gasteiger partial charge on any atom is 0.237 e.